The Morgan fingerprint density at radius 3 is 2.43 bits per heavy atom. The average molecular weight is 353 g/mol. The predicted octanol–water partition coefficient (Wildman–Crippen LogP) is 1.07. The smallest absolute Gasteiger partial charge is 0.324 e. The molecule has 0 bridgehead atoms. The van der Waals surface area contributed by atoms with Crippen LogP contribution in [0, 0.1) is 0 Å². The second-order valence-electron chi connectivity index (χ2n) is 4.68. The Hall–Kier alpha value is -1.94. The standard InChI is InChI=1S/C11H11F3N3O5P/c1-23(20,21)22-15-4-5-2-6(11(12,13)14)3-7-8(5)17-10(19)9(18)16-7/h2-3,15H,4H2,1H3,(H,16,18)(H,17,19)(H,20,21). The molecular weight excluding hydrogens is 342 g/mol. The highest BCUT2D eigenvalue weighted by molar-refractivity contribution is 7.51. The van der Waals surface area contributed by atoms with E-state index in [4.69, 9.17) is 4.89 Å². The van der Waals surface area contributed by atoms with E-state index in [9.17, 15) is 27.3 Å². The van der Waals surface area contributed by atoms with E-state index < -0.39 is 37.0 Å². The van der Waals surface area contributed by atoms with Gasteiger partial charge >= 0.3 is 24.9 Å². The van der Waals surface area contributed by atoms with Gasteiger partial charge in [0.05, 0.1) is 16.6 Å². The summed E-state index contributed by atoms with van der Waals surface area (Å²) in [5.74, 6) is 0. The summed E-state index contributed by atoms with van der Waals surface area (Å²) in [5, 5.41) is 0. The monoisotopic (exact) mass is 353 g/mol. The molecule has 0 fully saturated rings. The first-order valence-corrected chi connectivity index (χ1v) is 8.08. The molecule has 0 radical (unpaired) electrons. The zero-order valence-corrected chi connectivity index (χ0v) is 12.4. The number of hydrogen-bond donors (Lipinski definition) is 4. The first kappa shape index (κ1) is 17.4. The molecule has 0 aliphatic carbocycles. The van der Waals surface area contributed by atoms with Gasteiger partial charge in [-0.1, -0.05) is 0 Å². The van der Waals surface area contributed by atoms with Crippen LogP contribution in [0.2, 0.25) is 0 Å². The molecule has 1 atom stereocenters. The van der Waals surface area contributed by atoms with Crippen LogP contribution < -0.4 is 16.6 Å². The normalized spacial score (nSPS) is 14.8. The summed E-state index contributed by atoms with van der Waals surface area (Å²) >= 11 is 0. The lowest BCUT2D eigenvalue weighted by Gasteiger charge is -2.13. The van der Waals surface area contributed by atoms with Crippen molar-refractivity contribution in [3.63, 3.8) is 0 Å². The van der Waals surface area contributed by atoms with Crippen molar-refractivity contribution < 1.29 is 27.3 Å². The summed E-state index contributed by atoms with van der Waals surface area (Å²) in [4.78, 5) is 35.8. The zero-order valence-electron chi connectivity index (χ0n) is 11.5. The van der Waals surface area contributed by atoms with E-state index in [2.05, 4.69) is 15.1 Å². The lowest BCUT2D eigenvalue weighted by molar-refractivity contribution is -0.137. The van der Waals surface area contributed by atoms with Gasteiger partial charge in [-0.25, -0.2) is 4.62 Å². The van der Waals surface area contributed by atoms with Gasteiger partial charge in [0.2, 0.25) is 0 Å². The molecule has 0 aliphatic heterocycles. The van der Waals surface area contributed by atoms with Crippen LogP contribution in [0.3, 0.4) is 0 Å². The van der Waals surface area contributed by atoms with Crippen LogP contribution in [0.1, 0.15) is 11.1 Å². The Balaban J connectivity index is 2.55. The van der Waals surface area contributed by atoms with E-state index in [-0.39, 0.29) is 16.6 Å². The minimum Gasteiger partial charge on any atom is -0.324 e. The highest BCUT2D eigenvalue weighted by Gasteiger charge is 2.31. The van der Waals surface area contributed by atoms with Gasteiger partial charge in [-0.3, -0.25) is 14.2 Å². The van der Waals surface area contributed by atoms with Crippen molar-refractivity contribution in [1.29, 1.82) is 0 Å². The second-order valence-corrected chi connectivity index (χ2v) is 6.47. The van der Waals surface area contributed by atoms with Crippen LogP contribution >= 0.6 is 7.60 Å². The molecule has 126 valence electrons. The van der Waals surface area contributed by atoms with E-state index >= 15 is 0 Å². The van der Waals surface area contributed by atoms with Crippen molar-refractivity contribution in [2.45, 2.75) is 12.7 Å². The molecule has 12 heteroatoms. The molecule has 1 unspecified atom stereocenters. The summed E-state index contributed by atoms with van der Waals surface area (Å²) in [6, 6.07) is 1.40. The van der Waals surface area contributed by atoms with Gasteiger partial charge in [0.1, 0.15) is 0 Å². The molecular formula is C11H11F3N3O5P. The van der Waals surface area contributed by atoms with Crippen LogP contribution in [0.25, 0.3) is 11.0 Å². The molecule has 0 saturated carbocycles. The molecule has 2 aromatic rings. The number of alkyl halides is 3. The SMILES string of the molecule is CP(=O)(O)ONCc1cc(C(F)(F)F)cc2[nH]c(=O)c(=O)[nH]c12. The third-order valence-corrected chi connectivity index (χ3v) is 3.20. The number of H-pyrrole nitrogens is 2. The predicted molar refractivity (Wildman–Crippen MR) is 73.9 cm³/mol. The van der Waals surface area contributed by atoms with Crippen LogP contribution in [0.15, 0.2) is 21.7 Å². The number of hydroxylamine groups is 1. The number of hydrogen-bond acceptors (Lipinski definition) is 5. The third-order valence-electron chi connectivity index (χ3n) is 2.74. The maximum atomic E-state index is 12.9. The summed E-state index contributed by atoms with van der Waals surface area (Å²) in [6.45, 7) is 0.463. The number of halogens is 3. The maximum absolute atomic E-state index is 12.9. The van der Waals surface area contributed by atoms with E-state index in [1.54, 1.807) is 0 Å². The van der Waals surface area contributed by atoms with Gasteiger partial charge in [-0.2, -0.15) is 18.7 Å². The summed E-state index contributed by atoms with van der Waals surface area (Å²) in [6.07, 6.45) is -4.69. The molecule has 23 heavy (non-hydrogen) atoms. The Bertz CT molecular complexity index is 898. The molecule has 4 N–H and O–H groups in total. The molecule has 8 nitrogen and oxygen atoms in total. The third kappa shape index (κ3) is 4.29. The van der Waals surface area contributed by atoms with Crippen LogP contribution in [-0.2, 0) is 21.9 Å². The van der Waals surface area contributed by atoms with Crippen LogP contribution in [0.4, 0.5) is 13.2 Å². The van der Waals surface area contributed by atoms with Crippen molar-refractivity contribution in [1.82, 2.24) is 15.4 Å². The molecule has 1 aromatic heterocycles. The number of fused-ring (bicyclic) bond motifs is 1. The van der Waals surface area contributed by atoms with Crippen LogP contribution in [0.5, 0.6) is 0 Å². The maximum Gasteiger partial charge on any atom is 0.416 e. The summed E-state index contributed by atoms with van der Waals surface area (Å²) < 4.78 is 54.0. The van der Waals surface area contributed by atoms with Gasteiger partial charge in [-0.15, -0.1) is 0 Å². The molecule has 0 spiro atoms. The van der Waals surface area contributed by atoms with Crippen molar-refractivity contribution in [2.24, 2.45) is 0 Å². The largest absolute Gasteiger partial charge is 0.416 e. The fourth-order valence-electron chi connectivity index (χ4n) is 1.83. The molecule has 1 aromatic carbocycles. The molecule has 0 saturated heterocycles. The minimum absolute atomic E-state index is 0.0532. The Morgan fingerprint density at radius 1 is 1.26 bits per heavy atom. The lowest BCUT2D eigenvalue weighted by atomic mass is 10.1. The van der Waals surface area contributed by atoms with Crippen molar-refractivity contribution in [3.05, 3.63) is 44.0 Å². The Labute approximate surface area is 125 Å². The number of rotatable bonds is 4. The molecule has 1 heterocycles. The number of aromatic amines is 2. The van der Waals surface area contributed by atoms with Gasteiger partial charge in [0, 0.05) is 13.2 Å². The number of nitrogens with one attached hydrogen (secondary N) is 3. The molecule has 2 rings (SSSR count). The fourth-order valence-corrected chi connectivity index (χ4v) is 2.13. The average Bonchev–Trinajstić information content (AvgIpc) is 2.37. The summed E-state index contributed by atoms with van der Waals surface area (Å²) in [7, 11) is -3.89. The van der Waals surface area contributed by atoms with Gasteiger partial charge in [-0.05, 0) is 17.7 Å². The molecule has 0 aliphatic rings. The Morgan fingerprint density at radius 2 is 1.87 bits per heavy atom. The lowest BCUT2D eigenvalue weighted by Crippen LogP contribution is -2.29. The fraction of sp³-hybridized carbons (Fsp3) is 0.273. The topological polar surface area (TPSA) is 124 Å². The number of aromatic nitrogens is 2. The van der Waals surface area contributed by atoms with Gasteiger partial charge in [0.15, 0.2) is 0 Å². The minimum atomic E-state index is -4.69. The van der Waals surface area contributed by atoms with Gasteiger partial charge < -0.3 is 14.9 Å². The van der Waals surface area contributed by atoms with E-state index in [1.807, 2.05) is 4.98 Å². The first-order chi connectivity index (χ1) is 10.5. The van der Waals surface area contributed by atoms with E-state index in [0.717, 1.165) is 12.7 Å². The number of benzene rings is 1. The Kier molecular flexibility index (Phi) is 4.49. The van der Waals surface area contributed by atoms with Crippen molar-refractivity contribution in [3.8, 4) is 0 Å². The molecule has 0 amide bonds. The van der Waals surface area contributed by atoms with Crippen molar-refractivity contribution >= 4 is 18.6 Å². The van der Waals surface area contributed by atoms with Crippen LogP contribution in [-0.4, -0.2) is 21.5 Å². The quantitative estimate of drug-likeness (QED) is 0.370. The second kappa shape index (κ2) is 5.93. The van der Waals surface area contributed by atoms with Gasteiger partial charge in [0.25, 0.3) is 0 Å². The summed E-state index contributed by atoms with van der Waals surface area (Å²) in [5.41, 5.74) is -1.52. The highest BCUT2D eigenvalue weighted by atomic mass is 31.2. The first-order valence-electron chi connectivity index (χ1n) is 6.05. The van der Waals surface area contributed by atoms with E-state index in [1.165, 1.54) is 0 Å². The van der Waals surface area contributed by atoms with Crippen molar-refractivity contribution in [2.75, 3.05) is 6.66 Å². The van der Waals surface area contributed by atoms with E-state index in [0.29, 0.717) is 6.07 Å². The zero-order chi connectivity index (χ0) is 17.4. The highest BCUT2D eigenvalue weighted by Crippen LogP contribution is 2.35.